The highest BCUT2D eigenvalue weighted by atomic mass is 35.5. The van der Waals surface area contributed by atoms with Crippen molar-refractivity contribution in [2.24, 2.45) is 0 Å². The third-order valence-corrected chi connectivity index (χ3v) is 1.90. The van der Waals surface area contributed by atoms with E-state index in [0.717, 1.165) is 0 Å². The SMILES string of the molecule is O=C(c1ccc(C(F)(F)F)cc1)C(F)(F)Cl. The zero-order valence-electron chi connectivity index (χ0n) is 7.49. The molecule has 0 aliphatic heterocycles. The molecule has 0 fully saturated rings. The van der Waals surface area contributed by atoms with Gasteiger partial charge in [0.2, 0.25) is 5.78 Å². The lowest BCUT2D eigenvalue weighted by molar-refractivity contribution is -0.137. The molecule has 0 radical (unpaired) electrons. The molecule has 16 heavy (non-hydrogen) atoms. The number of alkyl halides is 6. The van der Waals surface area contributed by atoms with Crippen molar-refractivity contribution in [1.82, 2.24) is 0 Å². The molecule has 0 aliphatic rings. The van der Waals surface area contributed by atoms with Crippen LogP contribution in [0.15, 0.2) is 24.3 Å². The van der Waals surface area contributed by atoms with Gasteiger partial charge in [-0.25, -0.2) is 0 Å². The number of halogens is 6. The second kappa shape index (κ2) is 4.01. The molecule has 0 bridgehead atoms. The fourth-order valence-electron chi connectivity index (χ4n) is 0.974. The number of benzene rings is 1. The summed E-state index contributed by atoms with van der Waals surface area (Å²) in [6.07, 6.45) is -4.58. The zero-order chi connectivity index (χ0) is 12.6. The van der Waals surface area contributed by atoms with Gasteiger partial charge in [-0.15, -0.1) is 0 Å². The normalized spacial score (nSPS) is 12.6. The topological polar surface area (TPSA) is 17.1 Å². The summed E-state index contributed by atoms with van der Waals surface area (Å²) in [5, 5.41) is -4.11. The van der Waals surface area contributed by atoms with Crippen LogP contribution in [0.2, 0.25) is 0 Å². The Bertz CT molecular complexity index is 390. The second-order valence-electron chi connectivity index (χ2n) is 2.90. The molecular weight excluding hydrogens is 255 g/mol. The molecule has 1 aromatic carbocycles. The Morgan fingerprint density at radius 1 is 1.00 bits per heavy atom. The van der Waals surface area contributed by atoms with Crippen molar-refractivity contribution in [2.75, 3.05) is 0 Å². The molecule has 88 valence electrons. The van der Waals surface area contributed by atoms with E-state index in [-0.39, 0.29) is 0 Å². The van der Waals surface area contributed by atoms with Gasteiger partial charge in [-0.3, -0.25) is 4.79 Å². The largest absolute Gasteiger partial charge is 0.416 e. The summed E-state index contributed by atoms with van der Waals surface area (Å²) in [4.78, 5) is 10.9. The van der Waals surface area contributed by atoms with Crippen LogP contribution in [-0.4, -0.2) is 11.2 Å². The van der Waals surface area contributed by atoms with Gasteiger partial charge in [-0.1, -0.05) is 12.1 Å². The van der Waals surface area contributed by atoms with Crippen LogP contribution >= 0.6 is 11.6 Å². The average Bonchev–Trinajstić information content (AvgIpc) is 2.14. The van der Waals surface area contributed by atoms with Gasteiger partial charge in [0.15, 0.2) is 0 Å². The Morgan fingerprint density at radius 3 is 1.75 bits per heavy atom. The van der Waals surface area contributed by atoms with Crippen molar-refractivity contribution in [1.29, 1.82) is 0 Å². The minimum atomic E-state index is -4.58. The molecule has 0 aliphatic carbocycles. The van der Waals surface area contributed by atoms with Gasteiger partial charge in [0.25, 0.3) is 0 Å². The molecule has 1 aromatic rings. The molecule has 0 heterocycles. The molecule has 1 rings (SSSR count). The molecule has 0 amide bonds. The van der Waals surface area contributed by atoms with Crippen LogP contribution < -0.4 is 0 Å². The number of ketones is 1. The minimum Gasteiger partial charge on any atom is -0.286 e. The van der Waals surface area contributed by atoms with Crippen LogP contribution in [0.4, 0.5) is 22.0 Å². The van der Waals surface area contributed by atoms with Gasteiger partial charge < -0.3 is 0 Å². The van der Waals surface area contributed by atoms with Crippen LogP contribution in [-0.2, 0) is 6.18 Å². The predicted octanol–water partition coefficient (Wildman–Crippen LogP) is 3.72. The highest BCUT2D eigenvalue weighted by molar-refractivity contribution is 6.35. The smallest absolute Gasteiger partial charge is 0.286 e. The highest BCUT2D eigenvalue weighted by Crippen LogP contribution is 2.30. The molecule has 0 N–H and O–H groups in total. The standard InChI is InChI=1S/C9H4ClF5O/c10-8(11,12)7(16)5-1-3-6(4-2-5)9(13,14)15/h1-4H. The Balaban J connectivity index is 3.01. The molecule has 0 saturated heterocycles. The van der Waals surface area contributed by atoms with Crippen molar-refractivity contribution in [3.05, 3.63) is 35.4 Å². The Kier molecular flexibility index (Phi) is 3.23. The summed E-state index contributed by atoms with van der Waals surface area (Å²) in [7, 11) is 0. The van der Waals surface area contributed by atoms with Gasteiger partial charge in [0, 0.05) is 5.56 Å². The number of Topliss-reactive ketones (excluding diaryl/α,β-unsaturated/α-hetero) is 1. The number of rotatable bonds is 2. The first-order valence-electron chi connectivity index (χ1n) is 3.91. The van der Waals surface area contributed by atoms with Gasteiger partial charge in [-0.2, -0.15) is 22.0 Å². The molecule has 7 heteroatoms. The van der Waals surface area contributed by atoms with E-state index in [1.54, 1.807) is 0 Å². The molecule has 0 aromatic heterocycles. The lowest BCUT2D eigenvalue weighted by Crippen LogP contribution is -2.21. The van der Waals surface area contributed by atoms with Gasteiger partial charge >= 0.3 is 11.6 Å². The number of carbonyl (C=O) groups is 1. The van der Waals surface area contributed by atoms with E-state index in [1.807, 2.05) is 0 Å². The van der Waals surface area contributed by atoms with Crippen LogP contribution in [0.25, 0.3) is 0 Å². The van der Waals surface area contributed by atoms with E-state index in [0.29, 0.717) is 24.3 Å². The van der Waals surface area contributed by atoms with E-state index in [2.05, 4.69) is 11.6 Å². The van der Waals surface area contributed by atoms with Gasteiger partial charge in [0.05, 0.1) is 5.56 Å². The van der Waals surface area contributed by atoms with Crippen LogP contribution in [0, 0.1) is 0 Å². The monoisotopic (exact) mass is 258 g/mol. The molecule has 0 spiro atoms. The van der Waals surface area contributed by atoms with Crippen LogP contribution in [0.5, 0.6) is 0 Å². The Labute approximate surface area is 91.8 Å². The summed E-state index contributed by atoms with van der Waals surface area (Å²) in [5.74, 6) is -1.73. The fraction of sp³-hybridized carbons (Fsp3) is 0.222. The third-order valence-electron chi connectivity index (χ3n) is 1.73. The first-order valence-corrected chi connectivity index (χ1v) is 4.29. The van der Waals surface area contributed by atoms with Crippen molar-refractivity contribution >= 4 is 17.4 Å². The molecule has 0 unspecified atom stereocenters. The maximum Gasteiger partial charge on any atom is 0.416 e. The van der Waals surface area contributed by atoms with Crippen LogP contribution in [0.3, 0.4) is 0 Å². The van der Waals surface area contributed by atoms with Gasteiger partial charge in [0.1, 0.15) is 0 Å². The third kappa shape index (κ3) is 2.91. The second-order valence-corrected chi connectivity index (χ2v) is 3.38. The summed E-state index contributed by atoms with van der Waals surface area (Å²) >= 11 is 4.44. The van der Waals surface area contributed by atoms with Crippen LogP contribution in [0.1, 0.15) is 15.9 Å². The van der Waals surface area contributed by atoms with Gasteiger partial charge in [-0.05, 0) is 23.7 Å². The van der Waals surface area contributed by atoms with E-state index >= 15 is 0 Å². The Morgan fingerprint density at radius 2 is 1.44 bits per heavy atom. The molecule has 0 atom stereocenters. The van der Waals surface area contributed by atoms with Crippen molar-refractivity contribution in [3.8, 4) is 0 Å². The van der Waals surface area contributed by atoms with Crippen molar-refractivity contribution in [3.63, 3.8) is 0 Å². The highest BCUT2D eigenvalue weighted by Gasteiger charge is 2.37. The fourth-order valence-corrected chi connectivity index (χ4v) is 1.08. The minimum absolute atomic E-state index is 0.538. The number of carbonyl (C=O) groups excluding carboxylic acids is 1. The number of hydrogen-bond acceptors (Lipinski definition) is 1. The van der Waals surface area contributed by atoms with E-state index in [4.69, 9.17) is 0 Å². The zero-order valence-corrected chi connectivity index (χ0v) is 8.24. The molecule has 1 nitrogen and oxygen atoms in total. The van der Waals surface area contributed by atoms with E-state index in [1.165, 1.54) is 0 Å². The number of hydrogen-bond donors (Lipinski definition) is 0. The first kappa shape index (κ1) is 12.9. The summed E-state index contributed by atoms with van der Waals surface area (Å²) in [6, 6.07) is 2.38. The quantitative estimate of drug-likeness (QED) is 0.449. The summed E-state index contributed by atoms with van der Waals surface area (Å²) in [6.45, 7) is 0. The maximum absolute atomic E-state index is 12.3. The van der Waals surface area contributed by atoms with Crippen molar-refractivity contribution < 1.29 is 26.7 Å². The van der Waals surface area contributed by atoms with E-state index in [9.17, 15) is 26.7 Å². The summed E-state index contributed by atoms with van der Waals surface area (Å²) in [5.41, 5.74) is -1.60. The maximum atomic E-state index is 12.3. The van der Waals surface area contributed by atoms with Crippen molar-refractivity contribution in [2.45, 2.75) is 11.6 Å². The molecule has 0 saturated carbocycles. The lowest BCUT2D eigenvalue weighted by Gasteiger charge is -2.09. The Hall–Kier alpha value is -1.17. The van der Waals surface area contributed by atoms with E-state index < -0.39 is 28.5 Å². The average molecular weight is 259 g/mol. The lowest BCUT2D eigenvalue weighted by atomic mass is 10.1. The summed E-state index contributed by atoms with van der Waals surface area (Å²) < 4.78 is 60.9. The predicted molar refractivity (Wildman–Crippen MR) is 46.6 cm³/mol. The molecular formula is C9H4ClF5O. The first-order chi connectivity index (χ1) is 7.12.